The largest absolute Gasteiger partial charge is 0.494 e. The van der Waals surface area contributed by atoms with E-state index in [-0.39, 0.29) is 5.57 Å². The molecule has 0 spiro atoms. The standard InChI is InChI=1S/C23H29N3O3/c1-6-11-26-16(4)12-18(17(26)5)13-19(15-24)23(27)25-21-14-20(28-7-2)9-10-22(21)29-8-3/h9-10,12-14H,6-8,11H2,1-5H3,(H,25,27)/b19-13+. The first-order chi connectivity index (χ1) is 13.9. The fourth-order valence-electron chi connectivity index (χ4n) is 3.18. The van der Waals surface area contributed by atoms with E-state index in [1.165, 1.54) is 0 Å². The minimum atomic E-state index is -0.484. The number of ether oxygens (including phenoxy) is 2. The molecule has 1 N–H and O–H groups in total. The number of carbonyl (C=O) groups excluding carboxylic acids is 1. The summed E-state index contributed by atoms with van der Waals surface area (Å²) in [5, 5.41) is 12.4. The van der Waals surface area contributed by atoms with Gasteiger partial charge in [0.2, 0.25) is 0 Å². The fraction of sp³-hybridized carbons (Fsp3) is 0.391. The molecule has 2 aromatic rings. The lowest BCUT2D eigenvalue weighted by molar-refractivity contribution is -0.112. The van der Waals surface area contributed by atoms with E-state index in [1.807, 2.05) is 39.8 Å². The summed E-state index contributed by atoms with van der Waals surface area (Å²) in [4.78, 5) is 12.8. The summed E-state index contributed by atoms with van der Waals surface area (Å²) in [6, 6.07) is 9.25. The highest BCUT2D eigenvalue weighted by molar-refractivity contribution is 6.10. The zero-order valence-corrected chi connectivity index (χ0v) is 17.8. The van der Waals surface area contributed by atoms with E-state index in [2.05, 4.69) is 16.8 Å². The van der Waals surface area contributed by atoms with Crippen molar-refractivity contribution in [3.63, 3.8) is 0 Å². The van der Waals surface area contributed by atoms with Crippen molar-refractivity contribution in [2.45, 2.75) is 47.6 Å². The topological polar surface area (TPSA) is 76.3 Å². The number of anilines is 1. The normalized spacial score (nSPS) is 11.1. The first kappa shape index (κ1) is 22.1. The highest BCUT2D eigenvalue weighted by atomic mass is 16.5. The van der Waals surface area contributed by atoms with Crippen molar-refractivity contribution in [1.82, 2.24) is 4.57 Å². The second-order valence-electron chi connectivity index (χ2n) is 6.63. The molecule has 1 heterocycles. The smallest absolute Gasteiger partial charge is 0.266 e. The molecule has 0 aliphatic heterocycles. The molecule has 0 fully saturated rings. The predicted octanol–water partition coefficient (Wildman–Crippen LogP) is 4.86. The molecule has 0 atom stereocenters. The minimum absolute atomic E-state index is 0.0333. The first-order valence-electron chi connectivity index (χ1n) is 9.94. The number of hydrogen-bond acceptors (Lipinski definition) is 4. The van der Waals surface area contributed by atoms with Crippen molar-refractivity contribution in [3.05, 3.63) is 46.8 Å². The molecule has 1 amide bonds. The number of benzene rings is 1. The molecular formula is C23H29N3O3. The van der Waals surface area contributed by atoms with Crippen molar-refractivity contribution in [1.29, 1.82) is 5.26 Å². The van der Waals surface area contributed by atoms with Crippen LogP contribution in [0.25, 0.3) is 6.08 Å². The van der Waals surface area contributed by atoms with Gasteiger partial charge >= 0.3 is 0 Å². The van der Waals surface area contributed by atoms with Gasteiger partial charge in [-0.25, -0.2) is 0 Å². The van der Waals surface area contributed by atoms with Gasteiger partial charge in [-0.15, -0.1) is 0 Å². The van der Waals surface area contributed by atoms with Crippen LogP contribution in [0, 0.1) is 25.2 Å². The number of aromatic nitrogens is 1. The number of carbonyl (C=O) groups is 1. The van der Waals surface area contributed by atoms with Crippen molar-refractivity contribution in [2.24, 2.45) is 0 Å². The SMILES string of the molecule is CCCn1c(C)cc(/C=C(\C#N)C(=O)Nc2cc(OCC)ccc2OCC)c1C. The van der Waals surface area contributed by atoms with Gasteiger partial charge in [-0.3, -0.25) is 4.79 Å². The molecule has 0 aliphatic carbocycles. The Bertz CT molecular complexity index is 936. The molecule has 154 valence electrons. The Morgan fingerprint density at radius 2 is 1.90 bits per heavy atom. The Morgan fingerprint density at radius 1 is 1.17 bits per heavy atom. The Hall–Kier alpha value is -3.20. The maximum absolute atomic E-state index is 12.8. The van der Waals surface area contributed by atoms with Gasteiger partial charge in [-0.2, -0.15) is 5.26 Å². The maximum atomic E-state index is 12.8. The molecule has 6 nitrogen and oxygen atoms in total. The predicted molar refractivity (Wildman–Crippen MR) is 115 cm³/mol. The molecule has 1 aromatic heterocycles. The molecule has 0 saturated heterocycles. The molecule has 0 aliphatic rings. The highest BCUT2D eigenvalue weighted by Crippen LogP contribution is 2.30. The van der Waals surface area contributed by atoms with Gasteiger partial charge in [0.1, 0.15) is 23.1 Å². The zero-order chi connectivity index (χ0) is 21.4. The molecule has 1 aromatic carbocycles. The van der Waals surface area contributed by atoms with Crippen LogP contribution in [0.15, 0.2) is 29.8 Å². The number of rotatable bonds is 9. The van der Waals surface area contributed by atoms with Crippen LogP contribution in [-0.2, 0) is 11.3 Å². The van der Waals surface area contributed by atoms with Crippen LogP contribution in [-0.4, -0.2) is 23.7 Å². The monoisotopic (exact) mass is 395 g/mol. The summed E-state index contributed by atoms with van der Waals surface area (Å²) < 4.78 is 13.3. The van der Waals surface area contributed by atoms with Crippen LogP contribution < -0.4 is 14.8 Å². The molecule has 29 heavy (non-hydrogen) atoms. The molecule has 0 radical (unpaired) electrons. The molecule has 2 rings (SSSR count). The Kier molecular flexibility index (Phi) is 7.90. The third-order valence-electron chi connectivity index (χ3n) is 4.53. The van der Waals surface area contributed by atoms with Gasteiger partial charge in [-0.05, 0) is 64.0 Å². The number of hydrogen-bond donors (Lipinski definition) is 1. The Labute approximate surface area is 172 Å². The lowest BCUT2D eigenvalue weighted by Gasteiger charge is -2.13. The van der Waals surface area contributed by atoms with E-state index in [0.29, 0.717) is 30.4 Å². The lowest BCUT2D eigenvalue weighted by Crippen LogP contribution is -2.14. The summed E-state index contributed by atoms with van der Waals surface area (Å²) in [6.45, 7) is 11.8. The van der Waals surface area contributed by atoms with Crippen LogP contribution in [0.1, 0.15) is 44.1 Å². The summed E-state index contributed by atoms with van der Waals surface area (Å²) in [7, 11) is 0. The third-order valence-corrected chi connectivity index (χ3v) is 4.53. The quantitative estimate of drug-likeness (QED) is 0.486. The Balaban J connectivity index is 2.33. The van der Waals surface area contributed by atoms with Crippen LogP contribution in [0.4, 0.5) is 5.69 Å². The minimum Gasteiger partial charge on any atom is -0.494 e. The van der Waals surface area contributed by atoms with Gasteiger partial charge in [0.15, 0.2) is 0 Å². The summed E-state index contributed by atoms with van der Waals surface area (Å²) >= 11 is 0. The van der Waals surface area contributed by atoms with Crippen molar-refractivity contribution in [2.75, 3.05) is 18.5 Å². The molecule has 0 bridgehead atoms. The number of aryl methyl sites for hydroxylation is 1. The van der Waals surface area contributed by atoms with E-state index in [9.17, 15) is 10.1 Å². The second kappa shape index (κ2) is 10.4. The number of nitriles is 1. The van der Waals surface area contributed by atoms with Crippen molar-refractivity contribution < 1.29 is 14.3 Å². The van der Waals surface area contributed by atoms with Crippen LogP contribution in [0.2, 0.25) is 0 Å². The summed E-state index contributed by atoms with van der Waals surface area (Å²) in [6.07, 6.45) is 2.65. The van der Waals surface area contributed by atoms with E-state index < -0.39 is 5.91 Å². The summed E-state index contributed by atoms with van der Waals surface area (Å²) in [5.74, 6) is 0.668. The van der Waals surface area contributed by atoms with E-state index in [1.54, 1.807) is 24.3 Å². The van der Waals surface area contributed by atoms with Gasteiger partial charge < -0.3 is 19.4 Å². The van der Waals surface area contributed by atoms with E-state index in [0.717, 1.165) is 29.9 Å². The van der Waals surface area contributed by atoms with Gasteiger partial charge in [-0.1, -0.05) is 6.92 Å². The molecular weight excluding hydrogens is 366 g/mol. The zero-order valence-electron chi connectivity index (χ0n) is 17.8. The van der Waals surface area contributed by atoms with Crippen LogP contribution >= 0.6 is 0 Å². The third kappa shape index (κ3) is 5.41. The first-order valence-corrected chi connectivity index (χ1v) is 9.94. The number of nitrogens with zero attached hydrogens (tertiary/aromatic N) is 2. The second-order valence-corrected chi connectivity index (χ2v) is 6.63. The summed E-state index contributed by atoms with van der Waals surface area (Å²) in [5.41, 5.74) is 3.52. The van der Waals surface area contributed by atoms with Gasteiger partial charge in [0.05, 0.1) is 18.9 Å². The van der Waals surface area contributed by atoms with Crippen LogP contribution in [0.3, 0.4) is 0 Å². The molecule has 0 unspecified atom stereocenters. The average Bonchev–Trinajstić information content (AvgIpc) is 2.96. The number of nitrogens with one attached hydrogen (secondary N) is 1. The maximum Gasteiger partial charge on any atom is 0.266 e. The van der Waals surface area contributed by atoms with Crippen molar-refractivity contribution in [3.8, 4) is 17.6 Å². The lowest BCUT2D eigenvalue weighted by atomic mass is 10.1. The van der Waals surface area contributed by atoms with Crippen molar-refractivity contribution >= 4 is 17.7 Å². The average molecular weight is 396 g/mol. The highest BCUT2D eigenvalue weighted by Gasteiger charge is 2.15. The fourth-order valence-corrected chi connectivity index (χ4v) is 3.18. The van der Waals surface area contributed by atoms with Gasteiger partial charge in [0, 0.05) is 24.0 Å². The van der Waals surface area contributed by atoms with E-state index in [4.69, 9.17) is 9.47 Å². The van der Waals surface area contributed by atoms with Crippen LogP contribution in [0.5, 0.6) is 11.5 Å². The number of amides is 1. The molecule has 0 saturated carbocycles. The molecule has 6 heteroatoms. The Morgan fingerprint density at radius 3 is 2.52 bits per heavy atom. The van der Waals surface area contributed by atoms with Gasteiger partial charge in [0.25, 0.3) is 5.91 Å². The van der Waals surface area contributed by atoms with E-state index >= 15 is 0 Å².